The zero-order chi connectivity index (χ0) is 14.1. The molecule has 0 spiro atoms. The van der Waals surface area contributed by atoms with Crippen LogP contribution in [0.2, 0.25) is 0 Å². The number of carbonyl (C=O) groups excluding carboxylic acids is 2. The SMILES string of the molecule is CCOC(=O)CCCC(=O)Oc1ccc(OC)cc1. The summed E-state index contributed by atoms with van der Waals surface area (Å²) in [5.41, 5.74) is 0. The van der Waals surface area contributed by atoms with Crippen LogP contribution in [0.25, 0.3) is 0 Å². The first kappa shape index (κ1) is 15.0. The molecule has 0 saturated heterocycles. The van der Waals surface area contributed by atoms with Crippen molar-refractivity contribution >= 4 is 11.9 Å². The van der Waals surface area contributed by atoms with E-state index in [4.69, 9.17) is 14.2 Å². The van der Waals surface area contributed by atoms with Crippen LogP contribution in [-0.4, -0.2) is 25.7 Å². The summed E-state index contributed by atoms with van der Waals surface area (Å²) in [5, 5.41) is 0. The highest BCUT2D eigenvalue weighted by Crippen LogP contribution is 2.17. The van der Waals surface area contributed by atoms with Crippen LogP contribution in [0.15, 0.2) is 24.3 Å². The largest absolute Gasteiger partial charge is 0.497 e. The van der Waals surface area contributed by atoms with E-state index in [9.17, 15) is 9.59 Å². The molecule has 0 aromatic heterocycles. The Kier molecular flexibility index (Phi) is 6.43. The number of rotatable bonds is 7. The summed E-state index contributed by atoms with van der Waals surface area (Å²) in [4.78, 5) is 22.6. The lowest BCUT2D eigenvalue weighted by Gasteiger charge is -2.05. The Morgan fingerprint density at radius 1 is 1.00 bits per heavy atom. The second-order valence-electron chi connectivity index (χ2n) is 3.81. The molecule has 1 aromatic carbocycles. The number of hydrogen-bond donors (Lipinski definition) is 0. The Balaban J connectivity index is 2.28. The Labute approximate surface area is 112 Å². The van der Waals surface area contributed by atoms with E-state index in [1.54, 1.807) is 38.3 Å². The third-order valence-electron chi connectivity index (χ3n) is 2.36. The molecule has 0 aliphatic heterocycles. The third-order valence-corrected chi connectivity index (χ3v) is 2.36. The first-order valence-electron chi connectivity index (χ1n) is 6.16. The summed E-state index contributed by atoms with van der Waals surface area (Å²) in [6.07, 6.45) is 0.838. The summed E-state index contributed by atoms with van der Waals surface area (Å²) in [6.45, 7) is 2.10. The average molecular weight is 266 g/mol. The maximum absolute atomic E-state index is 11.5. The molecule has 104 valence electrons. The Morgan fingerprint density at radius 3 is 2.16 bits per heavy atom. The molecule has 0 radical (unpaired) electrons. The highest BCUT2D eigenvalue weighted by Gasteiger charge is 2.08. The maximum atomic E-state index is 11.5. The first-order chi connectivity index (χ1) is 9.15. The van der Waals surface area contributed by atoms with Crippen molar-refractivity contribution in [3.63, 3.8) is 0 Å². The van der Waals surface area contributed by atoms with Crippen molar-refractivity contribution in [3.8, 4) is 11.5 Å². The van der Waals surface area contributed by atoms with Crippen LogP contribution in [0, 0.1) is 0 Å². The lowest BCUT2D eigenvalue weighted by atomic mass is 10.2. The van der Waals surface area contributed by atoms with Crippen molar-refractivity contribution in [2.45, 2.75) is 26.2 Å². The Morgan fingerprint density at radius 2 is 1.58 bits per heavy atom. The molecule has 0 fully saturated rings. The molecule has 0 bridgehead atoms. The van der Waals surface area contributed by atoms with Crippen LogP contribution in [-0.2, 0) is 14.3 Å². The predicted molar refractivity (Wildman–Crippen MR) is 69.1 cm³/mol. The number of benzene rings is 1. The van der Waals surface area contributed by atoms with Crippen molar-refractivity contribution in [2.24, 2.45) is 0 Å². The van der Waals surface area contributed by atoms with E-state index < -0.39 is 0 Å². The standard InChI is InChI=1S/C14H18O5/c1-3-18-13(15)5-4-6-14(16)19-12-9-7-11(17-2)8-10-12/h7-10H,3-6H2,1-2H3. The van der Waals surface area contributed by atoms with Crippen LogP contribution in [0.5, 0.6) is 11.5 Å². The molecule has 0 heterocycles. The van der Waals surface area contributed by atoms with Gasteiger partial charge in [0, 0.05) is 12.8 Å². The maximum Gasteiger partial charge on any atom is 0.311 e. The lowest BCUT2D eigenvalue weighted by molar-refractivity contribution is -0.143. The topological polar surface area (TPSA) is 61.8 Å². The normalized spacial score (nSPS) is 9.79. The minimum atomic E-state index is -0.366. The number of hydrogen-bond acceptors (Lipinski definition) is 5. The van der Waals surface area contributed by atoms with Crippen LogP contribution in [0.3, 0.4) is 0 Å². The minimum absolute atomic E-state index is 0.185. The van der Waals surface area contributed by atoms with Gasteiger partial charge in [0.05, 0.1) is 13.7 Å². The Bertz CT molecular complexity index is 410. The highest BCUT2D eigenvalue weighted by atomic mass is 16.5. The van der Waals surface area contributed by atoms with Crippen molar-refractivity contribution in [1.29, 1.82) is 0 Å². The van der Waals surface area contributed by atoms with E-state index in [1.807, 2.05) is 0 Å². The quantitative estimate of drug-likeness (QED) is 0.560. The first-order valence-corrected chi connectivity index (χ1v) is 6.16. The van der Waals surface area contributed by atoms with Gasteiger partial charge in [-0.3, -0.25) is 9.59 Å². The van der Waals surface area contributed by atoms with Gasteiger partial charge < -0.3 is 14.2 Å². The third kappa shape index (κ3) is 5.90. The van der Waals surface area contributed by atoms with Crippen molar-refractivity contribution in [3.05, 3.63) is 24.3 Å². The number of esters is 2. The van der Waals surface area contributed by atoms with Crippen LogP contribution in [0.4, 0.5) is 0 Å². The second kappa shape index (κ2) is 8.13. The lowest BCUT2D eigenvalue weighted by Crippen LogP contribution is -2.10. The van der Waals surface area contributed by atoms with Gasteiger partial charge in [0.15, 0.2) is 0 Å². The molecule has 0 amide bonds. The predicted octanol–water partition coefficient (Wildman–Crippen LogP) is 2.33. The van der Waals surface area contributed by atoms with Crippen molar-refractivity contribution in [1.82, 2.24) is 0 Å². The van der Waals surface area contributed by atoms with Crippen LogP contribution >= 0.6 is 0 Å². The number of ether oxygens (including phenoxy) is 3. The summed E-state index contributed by atoms with van der Waals surface area (Å²) in [5.74, 6) is 0.498. The molecule has 0 atom stereocenters. The van der Waals surface area contributed by atoms with Gasteiger partial charge >= 0.3 is 11.9 Å². The van der Waals surface area contributed by atoms with E-state index in [-0.39, 0.29) is 24.8 Å². The van der Waals surface area contributed by atoms with E-state index >= 15 is 0 Å². The van der Waals surface area contributed by atoms with E-state index in [2.05, 4.69) is 0 Å². The summed E-state index contributed by atoms with van der Waals surface area (Å²) < 4.78 is 14.9. The van der Waals surface area contributed by atoms with Gasteiger partial charge in [-0.25, -0.2) is 0 Å². The molecule has 19 heavy (non-hydrogen) atoms. The summed E-state index contributed by atoms with van der Waals surface area (Å²) in [6, 6.07) is 6.73. The Hall–Kier alpha value is -2.04. The monoisotopic (exact) mass is 266 g/mol. The van der Waals surface area contributed by atoms with E-state index in [0.29, 0.717) is 24.5 Å². The molecule has 0 N–H and O–H groups in total. The van der Waals surface area contributed by atoms with E-state index in [0.717, 1.165) is 0 Å². The summed E-state index contributed by atoms with van der Waals surface area (Å²) in [7, 11) is 1.57. The molecule has 0 saturated carbocycles. The smallest absolute Gasteiger partial charge is 0.311 e. The van der Waals surface area contributed by atoms with Crippen molar-refractivity contribution in [2.75, 3.05) is 13.7 Å². The zero-order valence-corrected chi connectivity index (χ0v) is 11.2. The molecule has 1 aromatic rings. The van der Waals surface area contributed by atoms with Gasteiger partial charge in [-0.05, 0) is 37.6 Å². The molecule has 0 aliphatic carbocycles. The van der Waals surface area contributed by atoms with Gasteiger partial charge in [-0.15, -0.1) is 0 Å². The fraction of sp³-hybridized carbons (Fsp3) is 0.429. The molecule has 1 rings (SSSR count). The molecular weight excluding hydrogens is 248 g/mol. The van der Waals surface area contributed by atoms with Gasteiger partial charge in [0.25, 0.3) is 0 Å². The number of carbonyl (C=O) groups is 2. The average Bonchev–Trinajstić information content (AvgIpc) is 2.40. The van der Waals surface area contributed by atoms with Crippen LogP contribution < -0.4 is 9.47 Å². The number of methoxy groups -OCH3 is 1. The fourth-order valence-electron chi connectivity index (χ4n) is 1.44. The molecule has 5 heteroatoms. The summed E-state index contributed by atoms with van der Waals surface area (Å²) >= 11 is 0. The molecule has 0 aliphatic rings. The van der Waals surface area contributed by atoms with E-state index in [1.165, 1.54) is 0 Å². The minimum Gasteiger partial charge on any atom is -0.497 e. The fourth-order valence-corrected chi connectivity index (χ4v) is 1.44. The van der Waals surface area contributed by atoms with Gasteiger partial charge in [-0.1, -0.05) is 0 Å². The van der Waals surface area contributed by atoms with Gasteiger partial charge in [0.1, 0.15) is 11.5 Å². The molecule has 5 nitrogen and oxygen atoms in total. The molecular formula is C14H18O5. The van der Waals surface area contributed by atoms with Gasteiger partial charge in [-0.2, -0.15) is 0 Å². The van der Waals surface area contributed by atoms with Crippen LogP contribution in [0.1, 0.15) is 26.2 Å². The second-order valence-corrected chi connectivity index (χ2v) is 3.81. The zero-order valence-electron chi connectivity index (χ0n) is 11.2. The van der Waals surface area contributed by atoms with Crippen molar-refractivity contribution < 1.29 is 23.8 Å². The highest BCUT2D eigenvalue weighted by molar-refractivity contribution is 5.74. The van der Waals surface area contributed by atoms with Gasteiger partial charge in [0.2, 0.25) is 0 Å². The molecule has 0 unspecified atom stereocenters.